The summed E-state index contributed by atoms with van der Waals surface area (Å²) in [5.41, 5.74) is 6.45. The van der Waals surface area contributed by atoms with Gasteiger partial charge in [-0.1, -0.05) is 6.07 Å². The smallest absolute Gasteiger partial charge is 0.270 e. The molecular weight excluding hydrogens is 276 g/mol. The highest BCUT2D eigenvalue weighted by Crippen LogP contribution is 2.21. The van der Waals surface area contributed by atoms with E-state index in [2.05, 4.69) is 15.3 Å². The minimum Gasteiger partial charge on any atom is -0.374 e. The molecule has 7 heteroatoms. The van der Waals surface area contributed by atoms with Crippen molar-refractivity contribution in [2.45, 2.75) is 13.0 Å². The maximum atomic E-state index is 12.0. The van der Waals surface area contributed by atoms with Crippen molar-refractivity contribution in [2.75, 3.05) is 19.4 Å². The number of thiophene rings is 1. The fraction of sp³-hybridized carbons (Fsp3) is 0.308. The lowest BCUT2D eigenvalue weighted by atomic mass is 10.2. The van der Waals surface area contributed by atoms with E-state index in [0.29, 0.717) is 12.2 Å². The second-order valence-corrected chi connectivity index (χ2v) is 5.18. The third-order valence-corrected chi connectivity index (χ3v) is 3.66. The molecule has 3 N–H and O–H groups in total. The van der Waals surface area contributed by atoms with E-state index < -0.39 is 0 Å². The highest BCUT2D eigenvalue weighted by molar-refractivity contribution is 7.10. The van der Waals surface area contributed by atoms with Crippen LogP contribution in [0.1, 0.15) is 27.2 Å². The molecule has 0 bridgehead atoms. The monoisotopic (exact) mass is 292 g/mol. The number of aromatic nitrogens is 2. The Morgan fingerprint density at radius 1 is 1.55 bits per heavy atom. The third kappa shape index (κ3) is 3.52. The maximum Gasteiger partial charge on any atom is 0.270 e. The molecule has 0 aliphatic rings. The number of hydrogen-bond donors (Lipinski definition) is 2. The van der Waals surface area contributed by atoms with Crippen molar-refractivity contribution in [2.24, 2.45) is 0 Å². The topological polar surface area (TPSA) is 90.1 Å². The lowest BCUT2D eigenvalue weighted by Crippen LogP contribution is -2.29. The minimum absolute atomic E-state index is 0.0942. The second-order valence-electron chi connectivity index (χ2n) is 4.20. The molecule has 2 aromatic rings. The van der Waals surface area contributed by atoms with Gasteiger partial charge in [0.1, 0.15) is 11.8 Å². The highest BCUT2D eigenvalue weighted by atomic mass is 32.1. The summed E-state index contributed by atoms with van der Waals surface area (Å²) in [6.07, 6.45) is -0.167. The Morgan fingerprint density at radius 3 is 2.95 bits per heavy atom. The maximum absolute atomic E-state index is 12.0. The van der Waals surface area contributed by atoms with Gasteiger partial charge in [-0.25, -0.2) is 9.97 Å². The third-order valence-electron chi connectivity index (χ3n) is 2.70. The molecular formula is C13H16N4O2S. The summed E-state index contributed by atoms with van der Waals surface area (Å²) in [5, 5.41) is 4.76. The average molecular weight is 292 g/mol. The summed E-state index contributed by atoms with van der Waals surface area (Å²) in [5.74, 6) is -0.197. The number of anilines is 1. The quantitative estimate of drug-likeness (QED) is 0.872. The van der Waals surface area contributed by atoms with Crippen LogP contribution in [-0.2, 0) is 4.74 Å². The molecule has 0 unspecified atom stereocenters. The van der Waals surface area contributed by atoms with Crippen LogP contribution in [-0.4, -0.2) is 29.5 Å². The Balaban J connectivity index is 2.01. The molecule has 0 fully saturated rings. The first-order valence-electron chi connectivity index (χ1n) is 6.05. The van der Waals surface area contributed by atoms with Crippen molar-refractivity contribution < 1.29 is 9.53 Å². The van der Waals surface area contributed by atoms with E-state index in [1.807, 2.05) is 17.5 Å². The summed E-state index contributed by atoms with van der Waals surface area (Å²) in [6.45, 7) is 2.14. The van der Waals surface area contributed by atoms with Crippen molar-refractivity contribution in [3.63, 3.8) is 0 Å². The first-order chi connectivity index (χ1) is 9.60. The summed E-state index contributed by atoms with van der Waals surface area (Å²) in [6, 6.07) is 5.51. The van der Waals surface area contributed by atoms with Crippen molar-refractivity contribution in [3.8, 4) is 0 Å². The molecule has 6 nitrogen and oxygen atoms in total. The van der Waals surface area contributed by atoms with Crippen LogP contribution < -0.4 is 11.1 Å². The zero-order valence-electron chi connectivity index (χ0n) is 11.3. The van der Waals surface area contributed by atoms with Gasteiger partial charge < -0.3 is 15.8 Å². The summed E-state index contributed by atoms with van der Waals surface area (Å²) >= 11 is 1.59. The Bertz CT molecular complexity index is 566. The molecule has 106 valence electrons. The van der Waals surface area contributed by atoms with Crippen LogP contribution in [0.5, 0.6) is 0 Å². The van der Waals surface area contributed by atoms with Crippen LogP contribution in [0.2, 0.25) is 0 Å². The van der Waals surface area contributed by atoms with Gasteiger partial charge in [-0.2, -0.15) is 0 Å². The number of hydrogen-bond acceptors (Lipinski definition) is 6. The Hall–Kier alpha value is -1.99. The van der Waals surface area contributed by atoms with E-state index in [1.54, 1.807) is 31.4 Å². The van der Waals surface area contributed by atoms with E-state index in [9.17, 15) is 4.79 Å². The second kappa shape index (κ2) is 6.44. The van der Waals surface area contributed by atoms with Gasteiger partial charge in [0.2, 0.25) is 5.95 Å². The van der Waals surface area contributed by atoms with Gasteiger partial charge in [-0.3, -0.25) is 4.79 Å². The summed E-state index contributed by atoms with van der Waals surface area (Å²) in [4.78, 5) is 20.9. The van der Waals surface area contributed by atoms with Gasteiger partial charge in [0.25, 0.3) is 5.91 Å². The van der Waals surface area contributed by atoms with E-state index in [1.165, 1.54) is 0 Å². The van der Waals surface area contributed by atoms with E-state index in [4.69, 9.17) is 10.5 Å². The molecule has 20 heavy (non-hydrogen) atoms. The average Bonchev–Trinajstić information content (AvgIpc) is 2.92. The van der Waals surface area contributed by atoms with Crippen molar-refractivity contribution >= 4 is 23.2 Å². The fourth-order valence-electron chi connectivity index (χ4n) is 1.76. The van der Waals surface area contributed by atoms with Crippen LogP contribution >= 0.6 is 11.3 Å². The van der Waals surface area contributed by atoms with Crippen LogP contribution in [0.4, 0.5) is 5.95 Å². The zero-order chi connectivity index (χ0) is 14.5. The van der Waals surface area contributed by atoms with E-state index in [0.717, 1.165) is 4.88 Å². The Morgan fingerprint density at radius 2 is 2.35 bits per heavy atom. The molecule has 0 saturated heterocycles. The van der Waals surface area contributed by atoms with Gasteiger partial charge in [0, 0.05) is 24.2 Å². The number of rotatable bonds is 5. The number of aryl methyl sites for hydroxylation is 1. The SMILES string of the molecule is CO[C@@H](CNC(=O)c1cc(C)nc(N)n1)c1cccs1. The van der Waals surface area contributed by atoms with Crippen LogP contribution in [0.15, 0.2) is 23.6 Å². The van der Waals surface area contributed by atoms with Crippen LogP contribution in [0.25, 0.3) is 0 Å². The molecule has 1 amide bonds. The largest absolute Gasteiger partial charge is 0.374 e. The predicted octanol–water partition coefficient (Wildman–Crippen LogP) is 1.55. The van der Waals surface area contributed by atoms with Crippen molar-refractivity contribution in [3.05, 3.63) is 39.8 Å². The van der Waals surface area contributed by atoms with Gasteiger partial charge >= 0.3 is 0 Å². The molecule has 0 aromatic carbocycles. The standard InChI is InChI=1S/C13H16N4O2S/c1-8-6-9(17-13(14)16-8)12(18)15-7-10(19-2)11-4-3-5-20-11/h3-6,10H,7H2,1-2H3,(H,15,18)(H2,14,16,17)/t10-/m0/s1. The Labute approximate surface area is 121 Å². The zero-order valence-corrected chi connectivity index (χ0v) is 12.1. The molecule has 0 radical (unpaired) electrons. The van der Waals surface area contributed by atoms with Crippen LogP contribution in [0.3, 0.4) is 0 Å². The van der Waals surface area contributed by atoms with E-state index in [-0.39, 0.29) is 23.7 Å². The molecule has 0 saturated carbocycles. The number of nitrogens with one attached hydrogen (secondary N) is 1. The molecule has 1 atom stereocenters. The summed E-state index contributed by atoms with van der Waals surface area (Å²) < 4.78 is 5.37. The fourth-order valence-corrected chi connectivity index (χ4v) is 2.56. The number of carbonyl (C=O) groups is 1. The Kier molecular flexibility index (Phi) is 4.65. The number of amides is 1. The van der Waals surface area contributed by atoms with Gasteiger partial charge in [0.05, 0.1) is 0 Å². The van der Waals surface area contributed by atoms with Gasteiger partial charge in [-0.05, 0) is 24.4 Å². The number of methoxy groups -OCH3 is 1. The number of nitrogen functional groups attached to an aromatic ring is 1. The first kappa shape index (κ1) is 14.4. The molecule has 0 spiro atoms. The molecule has 0 aliphatic heterocycles. The molecule has 2 heterocycles. The minimum atomic E-state index is -0.291. The molecule has 2 aromatic heterocycles. The predicted molar refractivity (Wildman–Crippen MR) is 77.6 cm³/mol. The van der Waals surface area contributed by atoms with E-state index >= 15 is 0 Å². The lowest BCUT2D eigenvalue weighted by Gasteiger charge is -2.14. The van der Waals surface area contributed by atoms with Gasteiger partial charge in [-0.15, -0.1) is 11.3 Å². The highest BCUT2D eigenvalue weighted by Gasteiger charge is 2.15. The number of nitrogens with zero attached hydrogens (tertiary/aromatic N) is 2. The normalized spacial score (nSPS) is 12.1. The number of ether oxygens (including phenoxy) is 1. The number of nitrogens with two attached hydrogens (primary N) is 1. The summed E-state index contributed by atoms with van der Waals surface area (Å²) in [7, 11) is 1.61. The lowest BCUT2D eigenvalue weighted by molar-refractivity contribution is 0.0833. The van der Waals surface area contributed by atoms with Crippen molar-refractivity contribution in [1.82, 2.24) is 15.3 Å². The van der Waals surface area contributed by atoms with Crippen LogP contribution in [0, 0.1) is 6.92 Å². The number of carbonyl (C=O) groups excluding carboxylic acids is 1. The molecule has 0 aliphatic carbocycles. The van der Waals surface area contributed by atoms with Crippen molar-refractivity contribution in [1.29, 1.82) is 0 Å². The molecule has 2 rings (SSSR count). The first-order valence-corrected chi connectivity index (χ1v) is 6.93. The van der Waals surface area contributed by atoms with Gasteiger partial charge in [0.15, 0.2) is 0 Å².